The van der Waals surface area contributed by atoms with Crippen molar-refractivity contribution in [2.24, 2.45) is 0 Å². The lowest BCUT2D eigenvalue weighted by molar-refractivity contribution is 0.441. The molecule has 0 saturated carbocycles. The second kappa shape index (κ2) is 5.64. The summed E-state index contributed by atoms with van der Waals surface area (Å²) < 4.78 is 1.29. The van der Waals surface area contributed by atoms with Gasteiger partial charge in [-0.15, -0.1) is 0 Å². The highest BCUT2D eigenvalue weighted by Gasteiger charge is 2.17. The zero-order valence-electron chi connectivity index (χ0n) is 12.5. The van der Waals surface area contributed by atoms with Gasteiger partial charge in [0.15, 0.2) is 0 Å². The number of aromatic hydroxyl groups is 3. The van der Waals surface area contributed by atoms with Gasteiger partial charge in [-0.05, 0) is 30.7 Å². The first-order valence-corrected chi connectivity index (χ1v) is 7.27. The van der Waals surface area contributed by atoms with E-state index >= 15 is 0 Å². The van der Waals surface area contributed by atoms with Crippen LogP contribution in [0.1, 0.15) is 18.9 Å². The molecule has 1 heterocycles. The van der Waals surface area contributed by atoms with E-state index in [2.05, 4.69) is 4.98 Å². The minimum atomic E-state index is -0.435. The lowest BCUT2D eigenvalue weighted by Crippen LogP contribution is -2.19. The number of phenolic OH excluding ortho intramolecular Hbond substituents is 3. The minimum absolute atomic E-state index is 0.0638. The maximum Gasteiger partial charge on any atom is 0.269 e. The van der Waals surface area contributed by atoms with E-state index in [1.165, 1.54) is 29.1 Å². The van der Waals surface area contributed by atoms with Gasteiger partial charge in [0.05, 0.1) is 11.2 Å². The van der Waals surface area contributed by atoms with E-state index in [0.29, 0.717) is 17.7 Å². The molecule has 0 atom stereocenters. The smallest absolute Gasteiger partial charge is 0.269 e. The molecule has 3 aromatic rings. The van der Waals surface area contributed by atoms with Crippen LogP contribution < -0.4 is 5.56 Å². The van der Waals surface area contributed by atoms with Crippen molar-refractivity contribution in [1.29, 1.82) is 0 Å². The van der Waals surface area contributed by atoms with Crippen molar-refractivity contribution in [3.05, 3.63) is 52.6 Å². The Kier molecular flexibility index (Phi) is 3.65. The Bertz CT molecular complexity index is 930. The first kappa shape index (κ1) is 14.9. The second-order valence-corrected chi connectivity index (χ2v) is 5.30. The molecule has 0 amide bonds. The summed E-state index contributed by atoms with van der Waals surface area (Å²) >= 11 is 0. The van der Waals surface area contributed by atoms with E-state index in [4.69, 9.17) is 0 Å². The largest absolute Gasteiger partial charge is 0.508 e. The van der Waals surface area contributed by atoms with Crippen LogP contribution in [-0.2, 0) is 6.42 Å². The molecule has 2 aromatic carbocycles. The predicted octanol–water partition coefficient (Wildman–Crippen LogP) is 2.46. The fourth-order valence-electron chi connectivity index (χ4n) is 2.58. The van der Waals surface area contributed by atoms with Gasteiger partial charge in [0.25, 0.3) is 5.56 Å². The predicted molar refractivity (Wildman–Crippen MR) is 86.3 cm³/mol. The molecule has 1 aromatic heterocycles. The van der Waals surface area contributed by atoms with Crippen LogP contribution in [0.2, 0.25) is 0 Å². The molecule has 0 aliphatic rings. The van der Waals surface area contributed by atoms with Gasteiger partial charge in [0.2, 0.25) is 0 Å². The summed E-state index contributed by atoms with van der Waals surface area (Å²) in [4.78, 5) is 16.9. The van der Waals surface area contributed by atoms with E-state index in [9.17, 15) is 20.1 Å². The maximum atomic E-state index is 12.7. The van der Waals surface area contributed by atoms with Crippen LogP contribution in [0.25, 0.3) is 16.6 Å². The number of nitrogens with zero attached hydrogens (tertiary/aromatic N) is 2. The molecule has 0 radical (unpaired) electrons. The van der Waals surface area contributed by atoms with Crippen molar-refractivity contribution in [2.45, 2.75) is 19.8 Å². The Balaban J connectivity index is 2.30. The summed E-state index contributed by atoms with van der Waals surface area (Å²) in [6.45, 7) is 1.92. The quantitative estimate of drug-likeness (QED) is 0.690. The number of hydrogen-bond acceptors (Lipinski definition) is 5. The van der Waals surface area contributed by atoms with Crippen molar-refractivity contribution in [3.63, 3.8) is 0 Å². The Morgan fingerprint density at radius 3 is 2.48 bits per heavy atom. The summed E-state index contributed by atoms with van der Waals surface area (Å²) in [5.74, 6) is -0.202. The third-order valence-corrected chi connectivity index (χ3v) is 3.73. The van der Waals surface area contributed by atoms with Crippen molar-refractivity contribution >= 4 is 10.9 Å². The van der Waals surface area contributed by atoms with Crippen LogP contribution in [0.4, 0.5) is 0 Å². The molecule has 0 saturated heterocycles. The summed E-state index contributed by atoms with van der Waals surface area (Å²) in [6.07, 6.45) is 2.51. The van der Waals surface area contributed by atoms with E-state index in [1.807, 2.05) is 6.92 Å². The monoisotopic (exact) mass is 312 g/mol. The number of aromatic nitrogens is 2. The fraction of sp³-hybridized carbons (Fsp3) is 0.176. The number of fused-ring (bicyclic) bond motifs is 1. The number of hydrogen-bond donors (Lipinski definition) is 3. The standard InChI is InChI=1S/C17H16N2O4/c1-2-3-12-14(21)8-13-15(16(12)22)17(23)19(9-18-13)10-4-6-11(20)7-5-10/h4-9,20-22H,2-3H2,1H3. The van der Waals surface area contributed by atoms with E-state index in [1.54, 1.807) is 12.1 Å². The van der Waals surface area contributed by atoms with Crippen LogP contribution in [0.15, 0.2) is 41.5 Å². The molecule has 0 fully saturated rings. The molecule has 0 bridgehead atoms. The topological polar surface area (TPSA) is 95.6 Å². The van der Waals surface area contributed by atoms with Crippen molar-refractivity contribution < 1.29 is 15.3 Å². The fourth-order valence-corrected chi connectivity index (χ4v) is 2.58. The molecule has 0 spiro atoms. The summed E-state index contributed by atoms with van der Waals surface area (Å²) in [7, 11) is 0. The zero-order valence-corrected chi connectivity index (χ0v) is 12.5. The van der Waals surface area contributed by atoms with Gasteiger partial charge >= 0.3 is 0 Å². The van der Waals surface area contributed by atoms with Gasteiger partial charge in [-0.25, -0.2) is 4.98 Å². The first-order chi connectivity index (χ1) is 11.0. The van der Waals surface area contributed by atoms with Crippen LogP contribution in [0.3, 0.4) is 0 Å². The molecule has 6 nitrogen and oxygen atoms in total. The Hall–Kier alpha value is -3.02. The minimum Gasteiger partial charge on any atom is -0.508 e. The number of benzene rings is 2. The van der Waals surface area contributed by atoms with E-state index < -0.39 is 5.56 Å². The van der Waals surface area contributed by atoms with Crippen LogP contribution in [0.5, 0.6) is 17.2 Å². The molecule has 0 aliphatic heterocycles. The molecule has 3 N–H and O–H groups in total. The molecule has 23 heavy (non-hydrogen) atoms. The van der Waals surface area contributed by atoms with E-state index in [-0.39, 0.29) is 28.2 Å². The van der Waals surface area contributed by atoms with Crippen LogP contribution >= 0.6 is 0 Å². The third kappa shape index (κ3) is 2.48. The average molecular weight is 312 g/mol. The number of phenols is 3. The molecular formula is C17H16N2O4. The van der Waals surface area contributed by atoms with Gasteiger partial charge in [0.1, 0.15) is 29.0 Å². The number of rotatable bonds is 3. The van der Waals surface area contributed by atoms with Crippen molar-refractivity contribution in [1.82, 2.24) is 9.55 Å². The second-order valence-electron chi connectivity index (χ2n) is 5.30. The lowest BCUT2D eigenvalue weighted by atomic mass is 10.0. The third-order valence-electron chi connectivity index (χ3n) is 3.73. The Morgan fingerprint density at radius 2 is 1.83 bits per heavy atom. The van der Waals surface area contributed by atoms with Crippen molar-refractivity contribution in [3.8, 4) is 22.9 Å². The first-order valence-electron chi connectivity index (χ1n) is 7.27. The highest BCUT2D eigenvalue weighted by Crippen LogP contribution is 2.33. The highest BCUT2D eigenvalue weighted by molar-refractivity contribution is 5.87. The molecule has 3 rings (SSSR count). The van der Waals surface area contributed by atoms with Crippen LogP contribution in [-0.4, -0.2) is 24.9 Å². The maximum absolute atomic E-state index is 12.7. The molecular weight excluding hydrogens is 296 g/mol. The zero-order chi connectivity index (χ0) is 16.6. The Labute approximate surface area is 131 Å². The van der Waals surface area contributed by atoms with Crippen molar-refractivity contribution in [2.75, 3.05) is 0 Å². The van der Waals surface area contributed by atoms with Gasteiger partial charge in [-0.2, -0.15) is 0 Å². The van der Waals surface area contributed by atoms with Gasteiger partial charge in [-0.3, -0.25) is 9.36 Å². The average Bonchev–Trinajstić information content (AvgIpc) is 2.52. The van der Waals surface area contributed by atoms with Crippen LogP contribution in [0, 0.1) is 0 Å². The summed E-state index contributed by atoms with van der Waals surface area (Å²) in [5, 5.41) is 29.8. The molecule has 6 heteroatoms. The van der Waals surface area contributed by atoms with Gasteiger partial charge in [0, 0.05) is 11.6 Å². The summed E-state index contributed by atoms with van der Waals surface area (Å²) in [6, 6.07) is 7.47. The normalized spacial score (nSPS) is 11.0. The van der Waals surface area contributed by atoms with E-state index in [0.717, 1.165) is 6.42 Å². The highest BCUT2D eigenvalue weighted by atomic mass is 16.3. The SMILES string of the molecule is CCCc1c(O)cc2ncn(-c3ccc(O)cc3)c(=O)c2c1O. The molecule has 0 unspecified atom stereocenters. The lowest BCUT2D eigenvalue weighted by Gasteiger charge is -2.11. The van der Waals surface area contributed by atoms with Gasteiger partial charge < -0.3 is 15.3 Å². The summed E-state index contributed by atoms with van der Waals surface area (Å²) in [5.41, 5.74) is 0.671. The van der Waals surface area contributed by atoms with Gasteiger partial charge in [-0.1, -0.05) is 13.3 Å². The molecule has 0 aliphatic carbocycles. The molecule has 118 valence electrons. The Morgan fingerprint density at radius 1 is 1.13 bits per heavy atom.